The number of nitrogens with zero attached hydrogens (tertiary/aromatic N) is 5. The van der Waals surface area contributed by atoms with E-state index in [1.807, 2.05) is 6.92 Å². The minimum absolute atomic E-state index is 0.0357. The van der Waals surface area contributed by atoms with E-state index in [1.54, 1.807) is 19.4 Å². The van der Waals surface area contributed by atoms with Gasteiger partial charge in [-0.25, -0.2) is 9.55 Å². The SMILES string of the molecule is Cc1nccnc1C(S)Cc1ncc([N+](=O)[O-])n1C. The van der Waals surface area contributed by atoms with E-state index in [2.05, 4.69) is 27.6 Å². The van der Waals surface area contributed by atoms with Crippen molar-refractivity contribution in [3.05, 3.63) is 45.9 Å². The summed E-state index contributed by atoms with van der Waals surface area (Å²) < 4.78 is 1.45. The van der Waals surface area contributed by atoms with Crippen LogP contribution in [0.3, 0.4) is 0 Å². The third kappa shape index (κ3) is 2.73. The van der Waals surface area contributed by atoms with Gasteiger partial charge in [0, 0.05) is 18.8 Å². The van der Waals surface area contributed by atoms with Gasteiger partial charge in [-0.15, -0.1) is 0 Å². The van der Waals surface area contributed by atoms with Crippen LogP contribution in [0.25, 0.3) is 0 Å². The zero-order valence-corrected chi connectivity index (χ0v) is 11.4. The molecule has 2 aromatic heterocycles. The largest absolute Gasteiger partial charge is 0.358 e. The highest BCUT2D eigenvalue weighted by atomic mass is 32.1. The fraction of sp³-hybridized carbons (Fsp3) is 0.364. The molecule has 1 atom stereocenters. The number of imidazole rings is 1. The van der Waals surface area contributed by atoms with Crippen LogP contribution < -0.4 is 0 Å². The third-order valence-electron chi connectivity index (χ3n) is 2.86. The molecule has 2 heterocycles. The molecule has 0 saturated heterocycles. The number of aryl methyl sites for hydroxylation is 1. The molecule has 0 fully saturated rings. The van der Waals surface area contributed by atoms with E-state index >= 15 is 0 Å². The molecule has 7 nitrogen and oxygen atoms in total. The first-order valence-corrected chi connectivity index (χ1v) is 6.13. The van der Waals surface area contributed by atoms with Crippen LogP contribution in [0.5, 0.6) is 0 Å². The minimum Gasteiger partial charge on any atom is -0.358 e. The minimum atomic E-state index is -0.461. The first-order valence-electron chi connectivity index (χ1n) is 5.61. The van der Waals surface area contributed by atoms with Crippen molar-refractivity contribution in [1.29, 1.82) is 0 Å². The lowest BCUT2D eigenvalue weighted by Crippen LogP contribution is -2.08. The summed E-state index contributed by atoms with van der Waals surface area (Å²) >= 11 is 4.48. The maximum Gasteiger partial charge on any atom is 0.342 e. The Labute approximate surface area is 115 Å². The second-order valence-electron chi connectivity index (χ2n) is 4.10. The molecule has 2 rings (SSSR count). The number of thiol groups is 1. The summed E-state index contributed by atoms with van der Waals surface area (Å²) in [7, 11) is 1.62. The monoisotopic (exact) mass is 279 g/mol. The van der Waals surface area contributed by atoms with E-state index in [9.17, 15) is 10.1 Å². The smallest absolute Gasteiger partial charge is 0.342 e. The van der Waals surface area contributed by atoms with Gasteiger partial charge in [0.2, 0.25) is 0 Å². The summed E-state index contributed by atoms with van der Waals surface area (Å²) in [5.41, 5.74) is 1.56. The number of hydrogen-bond donors (Lipinski definition) is 1. The number of hydrogen-bond acceptors (Lipinski definition) is 6. The van der Waals surface area contributed by atoms with E-state index in [0.29, 0.717) is 12.2 Å². The molecule has 0 bridgehead atoms. The van der Waals surface area contributed by atoms with Crippen LogP contribution in [0.15, 0.2) is 18.6 Å². The molecule has 2 aromatic rings. The molecular formula is C11H13N5O2S. The Balaban J connectivity index is 2.22. The molecule has 0 aromatic carbocycles. The van der Waals surface area contributed by atoms with Gasteiger partial charge in [-0.05, 0) is 11.8 Å². The zero-order valence-electron chi connectivity index (χ0n) is 10.5. The molecule has 100 valence electrons. The van der Waals surface area contributed by atoms with Crippen LogP contribution in [0.4, 0.5) is 5.82 Å². The first-order chi connectivity index (χ1) is 9.00. The Morgan fingerprint density at radius 2 is 2.11 bits per heavy atom. The van der Waals surface area contributed by atoms with Gasteiger partial charge in [0.15, 0.2) is 5.82 Å². The Hall–Kier alpha value is -1.96. The van der Waals surface area contributed by atoms with Gasteiger partial charge in [-0.2, -0.15) is 12.6 Å². The molecule has 8 heteroatoms. The van der Waals surface area contributed by atoms with Gasteiger partial charge >= 0.3 is 5.82 Å². The Morgan fingerprint density at radius 3 is 2.68 bits per heavy atom. The van der Waals surface area contributed by atoms with Crippen molar-refractivity contribution in [2.45, 2.75) is 18.6 Å². The van der Waals surface area contributed by atoms with Gasteiger partial charge in [0.1, 0.15) is 6.20 Å². The maximum atomic E-state index is 10.7. The topological polar surface area (TPSA) is 86.7 Å². The molecule has 0 aliphatic carbocycles. The van der Waals surface area contributed by atoms with Gasteiger partial charge in [0.05, 0.1) is 23.7 Å². The summed E-state index contributed by atoms with van der Waals surface area (Å²) in [4.78, 5) is 22.7. The number of aromatic nitrogens is 4. The van der Waals surface area contributed by atoms with Crippen LogP contribution in [0.1, 0.15) is 22.5 Å². The summed E-state index contributed by atoms with van der Waals surface area (Å²) in [5.74, 6) is 0.558. The molecule has 0 spiro atoms. The molecule has 0 N–H and O–H groups in total. The standard InChI is InChI=1S/C11H13N5O2S/c1-7-11(13-4-3-12-7)8(19)5-9-14-6-10(15(9)2)16(17)18/h3-4,6,8,19H,5H2,1-2H3. The van der Waals surface area contributed by atoms with E-state index in [0.717, 1.165) is 11.4 Å². The predicted octanol–water partition coefficient (Wildman–Crippen LogP) is 1.64. The first kappa shape index (κ1) is 13.5. The fourth-order valence-electron chi connectivity index (χ4n) is 1.81. The van der Waals surface area contributed by atoms with Crippen LogP contribution in [0, 0.1) is 17.0 Å². The molecule has 0 aliphatic rings. The van der Waals surface area contributed by atoms with Gasteiger partial charge in [0.25, 0.3) is 0 Å². The summed E-state index contributed by atoms with van der Waals surface area (Å²) in [5, 5.41) is 10.5. The summed E-state index contributed by atoms with van der Waals surface area (Å²) in [6.45, 7) is 1.85. The van der Waals surface area contributed by atoms with Crippen molar-refractivity contribution < 1.29 is 4.92 Å². The second kappa shape index (κ2) is 5.35. The molecule has 0 saturated carbocycles. The van der Waals surface area contributed by atoms with E-state index < -0.39 is 4.92 Å². The van der Waals surface area contributed by atoms with Crippen LogP contribution in [-0.4, -0.2) is 24.4 Å². The van der Waals surface area contributed by atoms with Gasteiger partial charge in [-0.3, -0.25) is 9.97 Å². The summed E-state index contributed by atoms with van der Waals surface area (Å²) in [6.07, 6.45) is 4.92. The lowest BCUT2D eigenvalue weighted by Gasteiger charge is -2.10. The highest BCUT2D eigenvalue weighted by molar-refractivity contribution is 7.80. The molecule has 0 radical (unpaired) electrons. The Morgan fingerprint density at radius 1 is 1.42 bits per heavy atom. The number of nitro groups is 1. The van der Waals surface area contributed by atoms with Crippen molar-refractivity contribution in [2.75, 3.05) is 0 Å². The zero-order chi connectivity index (χ0) is 14.0. The lowest BCUT2D eigenvalue weighted by molar-refractivity contribution is -0.391. The van der Waals surface area contributed by atoms with Crippen molar-refractivity contribution in [2.24, 2.45) is 7.05 Å². The van der Waals surface area contributed by atoms with E-state index in [1.165, 1.54) is 10.8 Å². The third-order valence-corrected chi connectivity index (χ3v) is 3.28. The van der Waals surface area contributed by atoms with Crippen molar-refractivity contribution >= 4 is 18.4 Å². The van der Waals surface area contributed by atoms with Gasteiger partial charge < -0.3 is 10.1 Å². The van der Waals surface area contributed by atoms with Crippen molar-refractivity contribution in [1.82, 2.24) is 19.5 Å². The van der Waals surface area contributed by atoms with Gasteiger partial charge in [-0.1, -0.05) is 0 Å². The summed E-state index contributed by atoms with van der Waals surface area (Å²) in [6, 6.07) is 0. The van der Waals surface area contributed by atoms with Crippen molar-refractivity contribution in [3.63, 3.8) is 0 Å². The van der Waals surface area contributed by atoms with Crippen molar-refractivity contribution in [3.8, 4) is 0 Å². The Bertz CT molecular complexity index is 613. The molecule has 0 aliphatic heterocycles. The normalized spacial score (nSPS) is 12.4. The van der Waals surface area contributed by atoms with Crippen LogP contribution in [-0.2, 0) is 13.5 Å². The van der Waals surface area contributed by atoms with E-state index in [4.69, 9.17) is 0 Å². The Kier molecular flexibility index (Phi) is 3.79. The van der Waals surface area contributed by atoms with Crippen LogP contribution in [0.2, 0.25) is 0 Å². The fourth-order valence-corrected chi connectivity index (χ4v) is 2.23. The highest BCUT2D eigenvalue weighted by Gasteiger charge is 2.21. The average Bonchev–Trinajstić information content (AvgIpc) is 2.71. The molecule has 19 heavy (non-hydrogen) atoms. The predicted molar refractivity (Wildman–Crippen MR) is 72.1 cm³/mol. The van der Waals surface area contributed by atoms with Crippen LogP contribution >= 0.6 is 12.6 Å². The number of rotatable bonds is 4. The highest BCUT2D eigenvalue weighted by Crippen LogP contribution is 2.25. The molecular weight excluding hydrogens is 266 g/mol. The molecule has 0 amide bonds. The van der Waals surface area contributed by atoms with E-state index in [-0.39, 0.29) is 11.1 Å². The second-order valence-corrected chi connectivity index (χ2v) is 4.72. The lowest BCUT2D eigenvalue weighted by atomic mass is 10.2. The average molecular weight is 279 g/mol. The quantitative estimate of drug-likeness (QED) is 0.522. The maximum absolute atomic E-state index is 10.7. The molecule has 1 unspecified atom stereocenters.